The first-order valence-corrected chi connectivity index (χ1v) is 8.95. The van der Waals surface area contributed by atoms with E-state index in [1.54, 1.807) is 32.2 Å². The fourth-order valence-electron chi connectivity index (χ4n) is 2.41. The molecule has 0 saturated heterocycles. The van der Waals surface area contributed by atoms with Crippen LogP contribution in [0.4, 0.5) is 0 Å². The van der Waals surface area contributed by atoms with Crippen LogP contribution >= 0.6 is 11.6 Å². The van der Waals surface area contributed by atoms with Crippen molar-refractivity contribution < 1.29 is 14.3 Å². The van der Waals surface area contributed by atoms with Gasteiger partial charge >= 0.3 is 0 Å². The van der Waals surface area contributed by atoms with E-state index in [1.807, 2.05) is 43.3 Å². The van der Waals surface area contributed by atoms with Crippen LogP contribution < -0.4 is 15.4 Å². The number of carbonyl (C=O) groups excluding carboxylic acids is 2. The number of halogens is 1. The van der Waals surface area contributed by atoms with Crippen molar-refractivity contribution in [1.29, 1.82) is 0 Å². The molecular weight excluding hydrogens is 364 g/mol. The smallest absolute Gasteiger partial charge is 0.244 e. The molecule has 2 amide bonds. The van der Waals surface area contributed by atoms with Gasteiger partial charge < -0.3 is 15.4 Å². The second-order valence-electron chi connectivity index (χ2n) is 6.12. The van der Waals surface area contributed by atoms with Gasteiger partial charge in [-0.15, -0.1) is 0 Å². The summed E-state index contributed by atoms with van der Waals surface area (Å²) >= 11 is 5.97. The zero-order chi connectivity index (χ0) is 19.8. The zero-order valence-corrected chi connectivity index (χ0v) is 16.3. The molecule has 27 heavy (non-hydrogen) atoms. The van der Waals surface area contributed by atoms with Crippen LogP contribution in [0, 0.1) is 0 Å². The molecule has 2 rings (SSSR count). The topological polar surface area (TPSA) is 67.4 Å². The molecule has 0 aromatic heterocycles. The van der Waals surface area contributed by atoms with Gasteiger partial charge in [-0.1, -0.05) is 35.9 Å². The van der Waals surface area contributed by atoms with E-state index in [4.69, 9.17) is 16.3 Å². The fourth-order valence-corrected chi connectivity index (χ4v) is 2.61. The van der Waals surface area contributed by atoms with Crippen molar-refractivity contribution >= 4 is 29.5 Å². The Hall–Kier alpha value is -2.79. The standard InChI is InChI=1S/C21H23ClN2O3/c1-14(17-5-4-6-18(22)13-17)24-21(26)15(2)23-20(25)12-9-16-7-10-19(27-3)11-8-16/h4-15H,1-3H3,(H,23,25)(H,24,26)/b12-9+. The highest BCUT2D eigenvalue weighted by Gasteiger charge is 2.17. The molecule has 2 unspecified atom stereocenters. The van der Waals surface area contributed by atoms with E-state index < -0.39 is 6.04 Å². The average molecular weight is 387 g/mol. The Morgan fingerprint density at radius 2 is 1.78 bits per heavy atom. The van der Waals surface area contributed by atoms with Crippen molar-refractivity contribution in [2.24, 2.45) is 0 Å². The van der Waals surface area contributed by atoms with E-state index in [9.17, 15) is 9.59 Å². The summed E-state index contributed by atoms with van der Waals surface area (Å²) in [6.45, 7) is 3.50. The molecule has 142 valence electrons. The average Bonchev–Trinajstić information content (AvgIpc) is 2.66. The molecule has 6 heteroatoms. The summed E-state index contributed by atoms with van der Waals surface area (Å²) in [6, 6.07) is 13.7. The summed E-state index contributed by atoms with van der Waals surface area (Å²) < 4.78 is 5.09. The molecular formula is C21H23ClN2O3. The first-order valence-electron chi connectivity index (χ1n) is 8.57. The number of hydrogen-bond donors (Lipinski definition) is 2. The predicted molar refractivity (Wildman–Crippen MR) is 108 cm³/mol. The SMILES string of the molecule is COc1ccc(/C=C/C(=O)NC(C)C(=O)NC(C)c2cccc(Cl)c2)cc1. The zero-order valence-electron chi connectivity index (χ0n) is 15.5. The number of amides is 2. The maximum atomic E-state index is 12.3. The lowest BCUT2D eigenvalue weighted by molar-refractivity contribution is -0.127. The Morgan fingerprint density at radius 3 is 2.41 bits per heavy atom. The Morgan fingerprint density at radius 1 is 1.07 bits per heavy atom. The summed E-state index contributed by atoms with van der Waals surface area (Å²) in [7, 11) is 1.60. The van der Waals surface area contributed by atoms with Crippen LogP contribution in [-0.2, 0) is 9.59 Å². The number of nitrogens with one attached hydrogen (secondary N) is 2. The molecule has 2 atom stereocenters. The Bertz CT molecular complexity index is 818. The van der Waals surface area contributed by atoms with Crippen LogP contribution in [0.5, 0.6) is 5.75 Å². The first-order chi connectivity index (χ1) is 12.9. The van der Waals surface area contributed by atoms with Crippen molar-refractivity contribution in [2.75, 3.05) is 7.11 Å². The normalized spacial score (nSPS) is 13.0. The third-order valence-electron chi connectivity index (χ3n) is 4.00. The summed E-state index contributed by atoms with van der Waals surface area (Å²) in [6.07, 6.45) is 3.07. The Kier molecular flexibility index (Phi) is 7.44. The quantitative estimate of drug-likeness (QED) is 0.712. The highest BCUT2D eigenvalue weighted by atomic mass is 35.5. The number of methoxy groups -OCH3 is 1. The Labute approximate surface area is 164 Å². The van der Waals surface area contributed by atoms with E-state index >= 15 is 0 Å². The van der Waals surface area contributed by atoms with Crippen LogP contribution in [0.1, 0.15) is 31.0 Å². The Balaban J connectivity index is 1.87. The van der Waals surface area contributed by atoms with Gasteiger partial charge in [0.1, 0.15) is 11.8 Å². The van der Waals surface area contributed by atoms with Gasteiger partial charge in [-0.2, -0.15) is 0 Å². The van der Waals surface area contributed by atoms with Crippen LogP contribution in [0.25, 0.3) is 6.08 Å². The summed E-state index contributed by atoms with van der Waals surface area (Å²) in [5, 5.41) is 6.13. The molecule has 0 saturated carbocycles. The van der Waals surface area contributed by atoms with Gasteiger partial charge in [-0.3, -0.25) is 9.59 Å². The van der Waals surface area contributed by atoms with Crippen LogP contribution in [0.15, 0.2) is 54.6 Å². The summed E-state index contributed by atoms with van der Waals surface area (Å²) in [5.74, 6) is 0.133. The highest BCUT2D eigenvalue weighted by molar-refractivity contribution is 6.30. The van der Waals surface area contributed by atoms with Crippen LogP contribution in [0.3, 0.4) is 0 Å². The number of benzene rings is 2. The van der Waals surface area contributed by atoms with Gasteiger partial charge in [-0.05, 0) is 55.3 Å². The van der Waals surface area contributed by atoms with Crippen molar-refractivity contribution in [3.63, 3.8) is 0 Å². The van der Waals surface area contributed by atoms with Gasteiger partial charge in [0.2, 0.25) is 11.8 Å². The highest BCUT2D eigenvalue weighted by Crippen LogP contribution is 2.17. The summed E-state index contributed by atoms with van der Waals surface area (Å²) in [4.78, 5) is 24.3. The number of ether oxygens (including phenoxy) is 1. The summed E-state index contributed by atoms with van der Waals surface area (Å²) in [5.41, 5.74) is 1.76. The lowest BCUT2D eigenvalue weighted by atomic mass is 10.1. The number of hydrogen-bond acceptors (Lipinski definition) is 3. The van der Waals surface area contributed by atoms with E-state index in [1.165, 1.54) is 6.08 Å². The van der Waals surface area contributed by atoms with Crippen LogP contribution in [0.2, 0.25) is 5.02 Å². The molecule has 2 N–H and O–H groups in total. The van der Waals surface area contributed by atoms with Crippen LogP contribution in [-0.4, -0.2) is 25.0 Å². The third kappa shape index (κ3) is 6.46. The second-order valence-corrected chi connectivity index (χ2v) is 6.56. The van der Waals surface area contributed by atoms with Crippen molar-refractivity contribution in [1.82, 2.24) is 10.6 Å². The molecule has 0 aliphatic rings. The number of carbonyl (C=O) groups is 2. The molecule has 0 aliphatic carbocycles. The molecule has 0 radical (unpaired) electrons. The maximum Gasteiger partial charge on any atom is 0.244 e. The lowest BCUT2D eigenvalue weighted by Crippen LogP contribution is -2.45. The minimum Gasteiger partial charge on any atom is -0.497 e. The van der Waals surface area contributed by atoms with Crippen molar-refractivity contribution in [3.8, 4) is 5.75 Å². The molecule has 0 spiro atoms. The molecule has 0 heterocycles. The van der Waals surface area contributed by atoms with Crippen molar-refractivity contribution in [2.45, 2.75) is 25.9 Å². The third-order valence-corrected chi connectivity index (χ3v) is 4.24. The minimum atomic E-state index is -0.667. The largest absolute Gasteiger partial charge is 0.497 e. The van der Waals surface area contributed by atoms with Gasteiger partial charge in [-0.25, -0.2) is 0 Å². The minimum absolute atomic E-state index is 0.217. The molecule has 2 aromatic rings. The van der Waals surface area contributed by atoms with E-state index in [2.05, 4.69) is 10.6 Å². The van der Waals surface area contributed by atoms with E-state index in [0.29, 0.717) is 5.02 Å². The predicted octanol–water partition coefficient (Wildman–Crippen LogP) is 3.74. The molecule has 5 nitrogen and oxygen atoms in total. The van der Waals surface area contributed by atoms with E-state index in [0.717, 1.165) is 16.9 Å². The van der Waals surface area contributed by atoms with E-state index in [-0.39, 0.29) is 17.9 Å². The molecule has 0 aliphatic heterocycles. The monoisotopic (exact) mass is 386 g/mol. The van der Waals surface area contributed by atoms with Gasteiger partial charge in [0, 0.05) is 11.1 Å². The first kappa shape index (κ1) is 20.5. The fraction of sp³-hybridized carbons (Fsp3) is 0.238. The molecule has 0 bridgehead atoms. The van der Waals surface area contributed by atoms with Gasteiger partial charge in [0.05, 0.1) is 13.2 Å². The maximum absolute atomic E-state index is 12.3. The molecule has 0 fully saturated rings. The lowest BCUT2D eigenvalue weighted by Gasteiger charge is -2.18. The number of rotatable bonds is 7. The van der Waals surface area contributed by atoms with Gasteiger partial charge in [0.25, 0.3) is 0 Å². The van der Waals surface area contributed by atoms with Gasteiger partial charge in [0.15, 0.2) is 0 Å². The van der Waals surface area contributed by atoms with Crippen molar-refractivity contribution in [3.05, 3.63) is 70.8 Å². The second kappa shape index (κ2) is 9.78. The molecule has 2 aromatic carbocycles.